The molecule has 0 heterocycles. The van der Waals surface area contributed by atoms with Crippen molar-refractivity contribution in [2.75, 3.05) is 5.32 Å². The third-order valence-corrected chi connectivity index (χ3v) is 3.04. The Morgan fingerprint density at radius 3 is 2.50 bits per heavy atom. The van der Waals surface area contributed by atoms with Crippen LogP contribution in [0.3, 0.4) is 0 Å². The van der Waals surface area contributed by atoms with Crippen molar-refractivity contribution in [2.24, 2.45) is 0 Å². The van der Waals surface area contributed by atoms with Gasteiger partial charge in [0.15, 0.2) is 0 Å². The number of benzene rings is 2. The molecule has 1 N–H and O–H groups in total. The predicted molar refractivity (Wildman–Crippen MR) is 76.2 cm³/mol. The predicted octanol–water partition coefficient (Wildman–Crippen LogP) is 4.46. The first kappa shape index (κ1) is 14.3. The van der Waals surface area contributed by atoms with Gasteiger partial charge < -0.3 is 10.1 Å². The van der Waals surface area contributed by atoms with Crippen molar-refractivity contribution < 1.29 is 13.5 Å². The minimum absolute atomic E-state index is 0.161. The van der Waals surface area contributed by atoms with E-state index in [0.29, 0.717) is 6.54 Å². The van der Waals surface area contributed by atoms with Gasteiger partial charge in [0.05, 0.1) is 0 Å². The van der Waals surface area contributed by atoms with Crippen LogP contribution in [0.1, 0.15) is 18.1 Å². The Hall–Kier alpha value is -2.10. The summed E-state index contributed by atoms with van der Waals surface area (Å²) in [6, 6.07) is 14.8. The molecule has 2 nitrogen and oxygen atoms in total. The summed E-state index contributed by atoms with van der Waals surface area (Å²) in [6.45, 7) is -0.0380. The summed E-state index contributed by atoms with van der Waals surface area (Å²) in [5.41, 5.74) is 3.24. The largest absolute Gasteiger partial charge is 0.435 e. The van der Waals surface area contributed by atoms with Gasteiger partial charge in [-0.2, -0.15) is 8.78 Å². The minimum Gasteiger partial charge on any atom is -0.435 e. The SMILES string of the molecule is CCc1ccccc1CNc1cccc(OC(F)F)c1. The molecule has 20 heavy (non-hydrogen) atoms. The lowest BCUT2D eigenvalue weighted by Gasteiger charge is -2.11. The smallest absolute Gasteiger partial charge is 0.387 e. The Labute approximate surface area is 117 Å². The van der Waals surface area contributed by atoms with Crippen molar-refractivity contribution in [1.29, 1.82) is 0 Å². The van der Waals surface area contributed by atoms with Gasteiger partial charge in [-0.3, -0.25) is 0 Å². The molecule has 4 heteroatoms. The fourth-order valence-electron chi connectivity index (χ4n) is 2.05. The molecule has 0 unspecified atom stereocenters. The summed E-state index contributed by atoms with van der Waals surface area (Å²) >= 11 is 0. The number of aryl methyl sites for hydroxylation is 1. The molecule has 106 valence electrons. The fraction of sp³-hybridized carbons (Fsp3) is 0.250. The van der Waals surface area contributed by atoms with Crippen LogP contribution in [0, 0.1) is 0 Å². The maximum absolute atomic E-state index is 12.2. The average molecular weight is 277 g/mol. The molecule has 0 radical (unpaired) electrons. The Morgan fingerprint density at radius 2 is 1.80 bits per heavy atom. The van der Waals surface area contributed by atoms with Gasteiger partial charge in [0.2, 0.25) is 0 Å². The number of halogens is 2. The first-order valence-electron chi connectivity index (χ1n) is 6.54. The lowest BCUT2D eigenvalue weighted by molar-refractivity contribution is -0.0498. The van der Waals surface area contributed by atoms with E-state index in [1.807, 2.05) is 18.2 Å². The zero-order chi connectivity index (χ0) is 14.4. The van der Waals surface area contributed by atoms with Gasteiger partial charge in [0.25, 0.3) is 0 Å². The van der Waals surface area contributed by atoms with Crippen LogP contribution in [0.2, 0.25) is 0 Å². The third-order valence-electron chi connectivity index (χ3n) is 3.04. The molecule has 0 aliphatic heterocycles. The maximum atomic E-state index is 12.2. The van der Waals surface area contributed by atoms with E-state index < -0.39 is 6.61 Å². The summed E-state index contributed by atoms with van der Waals surface area (Å²) in [5, 5.41) is 3.22. The number of anilines is 1. The highest BCUT2D eigenvalue weighted by Crippen LogP contribution is 2.20. The molecule has 0 saturated carbocycles. The van der Waals surface area contributed by atoms with E-state index in [2.05, 4.69) is 29.1 Å². The summed E-state index contributed by atoms with van der Waals surface area (Å²) in [6.07, 6.45) is 0.965. The van der Waals surface area contributed by atoms with E-state index in [-0.39, 0.29) is 5.75 Å². The highest BCUT2D eigenvalue weighted by atomic mass is 19.3. The van der Waals surface area contributed by atoms with Crippen LogP contribution in [-0.4, -0.2) is 6.61 Å². The first-order chi connectivity index (χ1) is 9.69. The second-order valence-electron chi connectivity index (χ2n) is 4.38. The lowest BCUT2D eigenvalue weighted by Crippen LogP contribution is -2.04. The van der Waals surface area contributed by atoms with Gasteiger partial charge in [-0.05, 0) is 29.7 Å². The topological polar surface area (TPSA) is 21.3 Å². The molecule has 2 aromatic rings. The molecule has 0 aliphatic rings. The second-order valence-corrected chi connectivity index (χ2v) is 4.38. The lowest BCUT2D eigenvalue weighted by atomic mass is 10.1. The molecular formula is C16H17F2NO. The first-order valence-corrected chi connectivity index (χ1v) is 6.54. The molecule has 0 bridgehead atoms. The van der Waals surface area contributed by atoms with E-state index in [9.17, 15) is 8.78 Å². The zero-order valence-corrected chi connectivity index (χ0v) is 11.3. The number of rotatable bonds is 6. The number of nitrogens with one attached hydrogen (secondary N) is 1. The monoisotopic (exact) mass is 277 g/mol. The summed E-state index contributed by atoms with van der Waals surface area (Å²) < 4.78 is 28.7. The van der Waals surface area contributed by atoms with Gasteiger partial charge in [0.1, 0.15) is 5.75 Å². The quantitative estimate of drug-likeness (QED) is 0.841. The van der Waals surface area contributed by atoms with E-state index in [4.69, 9.17) is 0 Å². The summed E-state index contributed by atoms with van der Waals surface area (Å²) in [7, 11) is 0. The van der Waals surface area contributed by atoms with Crippen LogP contribution in [0.25, 0.3) is 0 Å². The Kier molecular flexibility index (Phi) is 4.93. The van der Waals surface area contributed by atoms with Crippen LogP contribution in [0.5, 0.6) is 5.75 Å². The Morgan fingerprint density at radius 1 is 1.05 bits per heavy atom. The van der Waals surface area contributed by atoms with E-state index in [1.165, 1.54) is 17.2 Å². The zero-order valence-electron chi connectivity index (χ0n) is 11.3. The molecule has 0 aliphatic carbocycles. The standard InChI is InChI=1S/C16H17F2NO/c1-2-12-6-3-4-7-13(12)11-19-14-8-5-9-15(10-14)20-16(17)18/h3-10,16,19H,2,11H2,1H3. The molecule has 0 atom stereocenters. The highest BCUT2D eigenvalue weighted by molar-refractivity contribution is 5.49. The van der Waals surface area contributed by atoms with Crippen molar-refractivity contribution in [3.8, 4) is 5.75 Å². The van der Waals surface area contributed by atoms with Crippen LogP contribution in [-0.2, 0) is 13.0 Å². The number of hydrogen-bond donors (Lipinski definition) is 1. The second kappa shape index (κ2) is 6.89. The van der Waals surface area contributed by atoms with Gasteiger partial charge >= 0.3 is 6.61 Å². The fourth-order valence-corrected chi connectivity index (χ4v) is 2.05. The van der Waals surface area contributed by atoms with Crippen LogP contribution in [0.4, 0.5) is 14.5 Å². The number of ether oxygens (including phenoxy) is 1. The van der Waals surface area contributed by atoms with Gasteiger partial charge in [-0.25, -0.2) is 0 Å². The molecular weight excluding hydrogens is 260 g/mol. The van der Waals surface area contributed by atoms with Crippen LogP contribution >= 0.6 is 0 Å². The molecule has 2 aromatic carbocycles. The molecule has 0 saturated heterocycles. The van der Waals surface area contributed by atoms with Gasteiger partial charge in [-0.1, -0.05) is 37.3 Å². The maximum Gasteiger partial charge on any atom is 0.387 e. The van der Waals surface area contributed by atoms with Crippen molar-refractivity contribution in [3.63, 3.8) is 0 Å². The van der Waals surface area contributed by atoms with Crippen LogP contribution < -0.4 is 10.1 Å². The average Bonchev–Trinajstić information content (AvgIpc) is 2.45. The minimum atomic E-state index is -2.80. The normalized spacial score (nSPS) is 10.6. The van der Waals surface area contributed by atoms with Gasteiger partial charge in [0, 0.05) is 18.3 Å². The molecule has 0 aromatic heterocycles. The van der Waals surface area contributed by atoms with Gasteiger partial charge in [-0.15, -0.1) is 0 Å². The van der Waals surface area contributed by atoms with Crippen molar-refractivity contribution in [3.05, 3.63) is 59.7 Å². The van der Waals surface area contributed by atoms with Crippen LogP contribution in [0.15, 0.2) is 48.5 Å². The Bertz CT molecular complexity index is 558. The molecule has 0 fully saturated rings. The van der Waals surface area contributed by atoms with Crippen molar-refractivity contribution >= 4 is 5.69 Å². The van der Waals surface area contributed by atoms with Crippen molar-refractivity contribution in [1.82, 2.24) is 0 Å². The number of alkyl halides is 2. The van der Waals surface area contributed by atoms with E-state index in [1.54, 1.807) is 12.1 Å². The third kappa shape index (κ3) is 3.95. The molecule has 2 rings (SSSR count). The Balaban J connectivity index is 2.03. The van der Waals surface area contributed by atoms with E-state index >= 15 is 0 Å². The van der Waals surface area contributed by atoms with E-state index in [0.717, 1.165) is 12.1 Å². The number of hydrogen-bond acceptors (Lipinski definition) is 2. The highest BCUT2D eigenvalue weighted by Gasteiger charge is 2.05. The molecule has 0 amide bonds. The van der Waals surface area contributed by atoms with Crippen molar-refractivity contribution in [2.45, 2.75) is 26.5 Å². The molecule has 0 spiro atoms. The summed E-state index contributed by atoms with van der Waals surface area (Å²) in [5.74, 6) is 0.161. The summed E-state index contributed by atoms with van der Waals surface area (Å²) in [4.78, 5) is 0.